The third-order valence-corrected chi connectivity index (χ3v) is 1.08. The molecule has 3 heteroatoms. The maximum atomic E-state index is 9.77. The van der Waals surface area contributed by atoms with Crippen molar-refractivity contribution in [2.45, 2.75) is 0 Å². The van der Waals surface area contributed by atoms with Crippen molar-refractivity contribution in [2.75, 3.05) is 0 Å². The molecule has 0 aliphatic carbocycles. The van der Waals surface area contributed by atoms with Gasteiger partial charge in [-0.1, -0.05) is 0 Å². The van der Waals surface area contributed by atoms with E-state index in [1.165, 1.54) is 6.26 Å². The van der Waals surface area contributed by atoms with Crippen LogP contribution in [0.25, 0.3) is 0 Å². The van der Waals surface area contributed by atoms with Crippen LogP contribution in [-0.2, 0) is 0 Å². The zero-order valence-electron chi connectivity index (χ0n) is 6.34. The number of aldehydes is 1. The number of furan rings is 2. The van der Waals surface area contributed by atoms with Crippen LogP contribution in [0.5, 0.6) is 0 Å². The second-order valence-electron chi connectivity index (χ2n) is 1.93. The van der Waals surface area contributed by atoms with Gasteiger partial charge in [-0.15, -0.1) is 0 Å². The molecule has 0 unspecified atom stereocenters. The fourth-order valence-corrected chi connectivity index (χ4v) is 0.585. The van der Waals surface area contributed by atoms with E-state index in [0.29, 0.717) is 12.0 Å². The van der Waals surface area contributed by atoms with Crippen molar-refractivity contribution in [1.29, 1.82) is 0 Å². The van der Waals surface area contributed by atoms with Crippen LogP contribution in [0.3, 0.4) is 0 Å². The van der Waals surface area contributed by atoms with Gasteiger partial charge in [0.15, 0.2) is 12.0 Å². The average molecular weight is 164 g/mol. The Morgan fingerprint density at radius 2 is 1.83 bits per heavy atom. The van der Waals surface area contributed by atoms with Crippen molar-refractivity contribution >= 4 is 6.29 Å². The number of carbonyl (C=O) groups excluding carboxylic acids is 1. The van der Waals surface area contributed by atoms with Crippen molar-refractivity contribution in [1.82, 2.24) is 0 Å². The first-order valence-electron chi connectivity index (χ1n) is 3.39. The molecule has 0 aliphatic rings. The normalized spacial score (nSPS) is 8.33. The monoisotopic (exact) mass is 164 g/mol. The summed E-state index contributed by atoms with van der Waals surface area (Å²) >= 11 is 0. The quantitative estimate of drug-likeness (QED) is 0.607. The molecule has 3 nitrogen and oxygen atoms in total. The van der Waals surface area contributed by atoms with Gasteiger partial charge in [-0.2, -0.15) is 0 Å². The zero-order valence-corrected chi connectivity index (χ0v) is 6.34. The molecule has 0 saturated carbocycles. The lowest BCUT2D eigenvalue weighted by Crippen LogP contribution is -1.65. The Morgan fingerprint density at radius 1 is 1.08 bits per heavy atom. The van der Waals surface area contributed by atoms with Gasteiger partial charge in [0.05, 0.1) is 18.8 Å². The highest BCUT2D eigenvalue weighted by molar-refractivity contribution is 5.69. The van der Waals surface area contributed by atoms with Gasteiger partial charge in [0.2, 0.25) is 0 Å². The van der Waals surface area contributed by atoms with Crippen LogP contribution in [0.15, 0.2) is 51.9 Å². The molecule has 0 bridgehead atoms. The molecule has 0 atom stereocenters. The first-order chi connectivity index (χ1) is 5.93. The molecule has 0 N–H and O–H groups in total. The third kappa shape index (κ3) is 2.88. The predicted molar refractivity (Wildman–Crippen MR) is 42.8 cm³/mol. The molecule has 0 aliphatic heterocycles. The molecule has 2 aromatic rings. The van der Waals surface area contributed by atoms with Gasteiger partial charge in [-0.3, -0.25) is 4.79 Å². The molecule has 0 spiro atoms. The Hall–Kier alpha value is -1.77. The van der Waals surface area contributed by atoms with E-state index >= 15 is 0 Å². The second-order valence-corrected chi connectivity index (χ2v) is 1.93. The van der Waals surface area contributed by atoms with Crippen LogP contribution < -0.4 is 0 Å². The Balaban J connectivity index is 0.000000127. The largest absolute Gasteiger partial charge is 0.473 e. The average Bonchev–Trinajstić information content (AvgIpc) is 2.81. The van der Waals surface area contributed by atoms with E-state index in [4.69, 9.17) is 0 Å². The van der Waals surface area contributed by atoms with Gasteiger partial charge in [0.1, 0.15) is 0 Å². The van der Waals surface area contributed by atoms with Gasteiger partial charge in [0, 0.05) is 0 Å². The number of rotatable bonds is 1. The lowest BCUT2D eigenvalue weighted by molar-refractivity contribution is 0.110. The highest BCUT2D eigenvalue weighted by Gasteiger charge is 1.84. The van der Waals surface area contributed by atoms with E-state index in [1.54, 1.807) is 24.7 Å². The summed E-state index contributed by atoms with van der Waals surface area (Å²) in [6, 6.07) is 6.94. The first kappa shape index (κ1) is 8.33. The van der Waals surface area contributed by atoms with E-state index in [1.807, 2.05) is 12.1 Å². The summed E-state index contributed by atoms with van der Waals surface area (Å²) in [6.07, 6.45) is 5.38. The SMILES string of the molecule is O=Cc1ccco1.c1ccoc1. The third-order valence-electron chi connectivity index (χ3n) is 1.08. The van der Waals surface area contributed by atoms with Crippen molar-refractivity contribution in [3.05, 3.63) is 48.8 Å². The molecule has 0 saturated heterocycles. The van der Waals surface area contributed by atoms with Crippen molar-refractivity contribution in [2.24, 2.45) is 0 Å². The molecule has 0 aromatic carbocycles. The van der Waals surface area contributed by atoms with Crippen molar-refractivity contribution in [3.8, 4) is 0 Å². The van der Waals surface area contributed by atoms with Gasteiger partial charge in [-0.25, -0.2) is 0 Å². The maximum Gasteiger partial charge on any atom is 0.185 e. The molecule has 0 radical (unpaired) electrons. The predicted octanol–water partition coefficient (Wildman–Crippen LogP) is 2.37. The minimum Gasteiger partial charge on any atom is -0.473 e. The topological polar surface area (TPSA) is 43.4 Å². The standard InChI is InChI=1S/C5H4O2.C4H4O/c6-4-5-2-1-3-7-5;1-2-4-5-3-1/h1-4H;1-4H. The zero-order chi connectivity index (χ0) is 8.65. The van der Waals surface area contributed by atoms with Crippen molar-refractivity contribution in [3.63, 3.8) is 0 Å². The molecule has 2 rings (SSSR count). The van der Waals surface area contributed by atoms with Gasteiger partial charge in [0.25, 0.3) is 0 Å². The molecule has 2 aromatic heterocycles. The Labute approximate surface area is 69.6 Å². The van der Waals surface area contributed by atoms with E-state index in [0.717, 1.165) is 0 Å². The fraction of sp³-hybridized carbons (Fsp3) is 0. The van der Waals surface area contributed by atoms with E-state index in [2.05, 4.69) is 8.83 Å². The summed E-state index contributed by atoms with van der Waals surface area (Å²) in [7, 11) is 0. The summed E-state index contributed by atoms with van der Waals surface area (Å²) in [6.45, 7) is 0. The van der Waals surface area contributed by atoms with Gasteiger partial charge < -0.3 is 8.83 Å². The Morgan fingerprint density at radius 3 is 2.08 bits per heavy atom. The molecular formula is C9H8O3. The molecule has 0 fully saturated rings. The molecule has 62 valence electrons. The van der Waals surface area contributed by atoms with E-state index < -0.39 is 0 Å². The Kier molecular flexibility index (Phi) is 3.44. The van der Waals surface area contributed by atoms with Gasteiger partial charge >= 0.3 is 0 Å². The number of carbonyl (C=O) groups is 1. The Bertz CT molecular complexity index is 264. The van der Waals surface area contributed by atoms with E-state index in [-0.39, 0.29) is 0 Å². The smallest absolute Gasteiger partial charge is 0.185 e. The fourth-order valence-electron chi connectivity index (χ4n) is 0.585. The van der Waals surface area contributed by atoms with Crippen LogP contribution in [-0.4, -0.2) is 6.29 Å². The van der Waals surface area contributed by atoms with Crippen LogP contribution in [0.2, 0.25) is 0 Å². The van der Waals surface area contributed by atoms with Crippen LogP contribution in [0.4, 0.5) is 0 Å². The van der Waals surface area contributed by atoms with Crippen LogP contribution in [0, 0.1) is 0 Å². The highest BCUT2D eigenvalue weighted by atomic mass is 16.3. The highest BCUT2D eigenvalue weighted by Crippen LogP contribution is 1.92. The summed E-state index contributed by atoms with van der Waals surface area (Å²) in [4.78, 5) is 9.77. The maximum absolute atomic E-state index is 9.77. The van der Waals surface area contributed by atoms with Crippen molar-refractivity contribution < 1.29 is 13.6 Å². The number of hydrogen-bond donors (Lipinski definition) is 0. The van der Waals surface area contributed by atoms with Crippen LogP contribution in [0.1, 0.15) is 10.6 Å². The first-order valence-corrected chi connectivity index (χ1v) is 3.39. The number of hydrogen-bond acceptors (Lipinski definition) is 3. The lowest BCUT2D eigenvalue weighted by Gasteiger charge is -1.68. The molecular weight excluding hydrogens is 156 g/mol. The lowest BCUT2D eigenvalue weighted by atomic mass is 10.5. The molecule has 12 heavy (non-hydrogen) atoms. The van der Waals surface area contributed by atoms with Crippen LogP contribution >= 0.6 is 0 Å². The van der Waals surface area contributed by atoms with E-state index in [9.17, 15) is 4.79 Å². The minimum atomic E-state index is 0.375. The minimum absolute atomic E-state index is 0.375. The summed E-state index contributed by atoms with van der Waals surface area (Å²) in [5.74, 6) is 0.375. The molecule has 0 amide bonds. The van der Waals surface area contributed by atoms with Gasteiger partial charge in [-0.05, 0) is 24.3 Å². The summed E-state index contributed by atoms with van der Waals surface area (Å²) in [5, 5.41) is 0. The summed E-state index contributed by atoms with van der Waals surface area (Å²) in [5.41, 5.74) is 0. The summed E-state index contributed by atoms with van der Waals surface area (Å²) < 4.78 is 9.20. The second kappa shape index (κ2) is 4.96. The molecule has 2 heterocycles.